The number of amides is 1. The van der Waals surface area contributed by atoms with Gasteiger partial charge in [-0.3, -0.25) is 4.79 Å². The predicted octanol–water partition coefficient (Wildman–Crippen LogP) is 1.67. The van der Waals surface area contributed by atoms with Crippen LogP contribution in [0.1, 0.15) is 16.8 Å². The summed E-state index contributed by atoms with van der Waals surface area (Å²) in [5, 5.41) is 20.4. The van der Waals surface area contributed by atoms with E-state index in [-0.39, 0.29) is 18.9 Å². The molecule has 0 radical (unpaired) electrons. The molecule has 0 aliphatic rings. The minimum Gasteiger partial charge on any atom is -0.479 e. The number of carbonyl (C=O) groups is 2. The molecule has 7 heteroatoms. The van der Waals surface area contributed by atoms with Crippen LogP contribution in [0.4, 0.5) is 0 Å². The molecular formula is C11H11BrClNO4. The molecule has 1 atom stereocenters. The van der Waals surface area contributed by atoms with Crippen molar-refractivity contribution in [1.29, 1.82) is 0 Å². The largest absolute Gasteiger partial charge is 0.479 e. The van der Waals surface area contributed by atoms with Crippen LogP contribution in [0.5, 0.6) is 0 Å². The van der Waals surface area contributed by atoms with E-state index < -0.39 is 12.1 Å². The highest BCUT2D eigenvalue weighted by atomic mass is 79.9. The van der Waals surface area contributed by atoms with Gasteiger partial charge in [-0.05, 0) is 34.1 Å². The minimum atomic E-state index is -1.47. The first-order chi connectivity index (χ1) is 8.41. The van der Waals surface area contributed by atoms with E-state index in [1.807, 2.05) is 0 Å². The van der Waals surface area contributed by atoms with Gasteiger partial charge in [-0.15, -0.1) is 0 Å². The maximum absolute atomic E-state index is 11.6. The number of aliphatic hydroxyl groups is 1. The molecule has 0 spiro atoms. The highest BCUT2D eigenvalue weighted by Crippen LogP contribution is 2.23. The normalized spacial score (nSPS) is 11.9. The summed E-state index contributed by atoms with van der Waals surface area (Å²) in [7, 11) is 0. The van der Waals surface area contributed by atoms with Gasteiger partial charge in [0.15, 0.2) is 6.10 Å². The number of benzene rings is 1. The quantitative estimate of drug-likeness (QED) is 0.763. The summed E-state index contributed by atoms with van der Waals surface area (Å²) < 4.78 is 0.682. The topological polar surface area (TPSA) is 86.6 Å². The number of aliphatic carboxylic acids is 1. The molecule has 1 aromatic rings. The third kappa shape index (κ3) is 4.29. The van der Waals surface area contributed by atoms with Crippen LogP contribution in [0, 0.1) is 0 Å². The van der Waals surface area contributed by atoms with E-state index in [2.05, 4.69) is 21.2 Å². The molecule has 1 rings (SSSR count). The van der Waals surface area contributed by atoms with Crippen LogP contribution in [-0.4, -0.2) is 34.7 Å². The Morgan fingerprint density at radius 1 is 1.44 bits per heavy atom. The van der Waals surface area contributed by atoms with Crippen LogP contribution >= 0.6 is 27.5 Å². The Morgan fingerprint density at radius 3 is 2.67 bits per heavy atom. The molecule has 1 amide bonds. The Labute approximate surface area is 117 Å². The summed E-state index contributed by atoms with van der Waals surface area (Å²) in [6.07, 6.45) is -1.52. The van der Waals surface area contributed by atoms with Gasteiger partial charge in [0, 0.05) is 23.0 Å². The number of carbonyl (C=O) groups excluding carboxylic acids is 1. The van der Waals surface area contributed by atoms with Crippen molar-refractivity contribution in [3.05, 3.63) is 33.3 Å². The standard InChI is InChI=1S/C11H11BrClNO4/c12-7-2-1-6(5-8(7)13)10(16)14-4-3-9(15)11(17)18/h1-2,5,9,15H,3-4H2,(H,14,16)(H,17,18). The zero-order chi connectivity index (χ0) is 13.7. The number of carboxylic acid groups (broad SMARTS) is 1. The summed E-state index contributed by atoms with van der Waals surface area (Å²) in [5.74, 6) is -1.68. The second kappa shape index (κ2) is 6.72. The van der Waals surface area contributed by atoms with Crippen molar-refractivity contribution in [2.75, 3.05) is 6.54 Å². The smallest absolute Gasteiger partial charge is 0.332 e. The number of aliphatic hydroxyl groups excluding tert-OH is 1. The number of rotatable bonds is 5. The zero-order valence-corrected chi connectivity index (χ0v) is 11.5. The predicted molar refractivity (Wildman–Crippen MR) is 69.7 cm³/mol. The van der Waals surface area contributed by atoms with Crippen LogP contribution in [-0.2, 0) is 4.79 Å². The molecule has 1 aromatic carbocycles. The Morgan fingerprint density at radius 2 is 2.11 bits per heavy atom. The molecule has 0 bridgehead atoms. The maximum atomic E-state index is 11.6. The first-order valence-electron chi connectivity index (χ1n) is 5.06. The van der Waals surface area contributed by atoms with Gasteiger partial charge in [0.2, 0.25) is 0 Å². The number of hydrogen-bond donors (Lipinski definition) is 3. The fourth-order valence-electron chi connectivity index (χ4n) is 1.19. The van der Waals surface area contributed by atoms with E-state index in [1.165, 1.54) is 6.07 Å². The monoisotopic (exact) mass is 335 g/mol. The molecule has 3 N–H and O–H groups in total. The lowest BCUT2D eigenvalue weighted by atomic mass is 10.2. The molecule has 98 valence electrons. The highest BCUT2D eigenvalue weighted by Gasteiger charge is 2.13. The van der Waals surface area contributed by atoms with E-state index in [1.54, 1.807) is 12.1 Å². The third-order valence-corrected chi connectivity index (χ3v) is 3.40. The molecule has 0 fully saturated rings. The fraction of sp³-hybridized carbons (Fsp3) is 0.273. The van der Waals surface area contributed by atoms with Crippen LogP contribution < -0.4 is 5.32 Å². The van der Waals surface area contributed by atoms with Crippen LogP contribution in [0.2, 0.25) is 5.02 Å². The van der Waals surface area contributed by atoms with Crippen molar-refractivity contribution in [2.24, 2.45) is 0 Å². The van der Waals surface area contributed by atoms with Gasteiger partial charge in [0.05, 0.1) is 5.02 Å². The summed E-state index contributed by atoms with van der Waals surface area (Å²) in [6.45, 7) is 0.0694. The molecule has 1 unspecified atom stereocenters. The van der Waals surface area contributed by atoms with Gasteiger partial charge < -0.3 is 15.5 Å². The fourth-order valence-corrected chi connectivity index (χ4v) is 1.61. The van der Waals surface area contributed by atoms with Gasteiger partial charge in [-0.2, -0.15) is 0 Å². The number of hydrogen-bond acceptors (Lipinski definition) is 3. The average molecular weight is 337 g/mol. The Hall–Kier alpha value is -1.11. The number of nitrogens with one attached hydrogen (secondary N) is 1. The Kier molecular flexibility index (Phi) is 5.58. The number of halogens is 2. The highest BCUT2D eigenvalue weighted by molar-refractivity contribution is 9.10. The molecule has 0 aliphatic heterocycles. The maximum Gasteiger partial charge on any atom is 0.332 e. The van der Waals surface area contributed by atoms with Crippen LogP contribution in [0.15, 0.2) is 22.7 Å². The van der Waals surface area contributed by atoms with E-state index in [4.69, 9.17) is 21.8 Å². The molecular weight excluding hydrogens is 325 g/mol. The van der Waals surface area contributed by atoms with Gasteiger partial charge >= 0.3 is 5.97 Å². The Bertz CT molecular complexity index is 466. The van der Waals surface area contributed by atoms with Crippen molar-refractivity contribution >= 4 is 39.4 Å². The Balaban J connectivity index is 2.50. The zero-order valence-electron chi connectivity index (χ0n) is 9.19. The van der Waals surface area contributed by atoms with E-state index >= 15 is 0 Å². The summed E-state index contributed by atoms with van der Waals surface area (Å²) in [4.78, 5) is 22.0. The second-order valence-corrected chi connectivity index (χ2v) is 4.79. The lowest BCUT2D eigenvalue weighted by Gasteiger charge is -2.08. The van der Waals surface area contributed by atoms with Crippen molar-refractivity contribution < 1.29 is 19.8 Å². The summed E-state index contributed by atoms with van der Waals surface area (Å²) >= 11 is 9.04. The summed E-state index contributed by atoms with van der Waals surface area (Å²) in [5.41, 5.74) is 0.369. The van der Waals surface area contributed by atoms with Crippen LogP contribution in [0.25, 0.3) is 0 Å². The van der Waals surface area contributed by atoms with Gasteiger partial charge in [-0.25, -0.2) is 4.79 Å². The van der Waals surface area contributed by atoms with Gasteiger partial charge in [-0.1, -0.05) is 11.6 Å². The molecule has 18 heavy (non-hydrogen) atoms. The average Bonchev–Trinajstić information content (AvgIpc) is 2.32. The lowest BCUT2D eigenvalue weighted by Crippen LogP contribution is -2.30. The molecule has 0 saturated heterocycles. The van der Waals surface area contributed by atoms with E-state index in [0.717, 1.165) is 0 Å². The molecule has 0 heterocycles. The first kappa shape index (κ1) is 14.9. The lowest BCUT2D eigenvalue weighted by molar-refractivity contribution is -0.146. The van der Waals surface area contributed by atoms with Crippen molar-refractivity contribution in [2.45, 2.75) is 12.5 Å². The van der Waals surface area contributed by atoms with E-state index in [9.17, 15) is 9.59 Å². The SMILES string of the molecule is O=C(NCCC(O)C(=O)O)c1ccc(Br)c(Cl)c1. The summed E-state index contributed by atoms with van der Waals surface area (Å²) in [6, 6.07) is 4.72. The first-order valence-corrected chi connectivity index (χ1v) is 6.23. The van der Waals surface area contributed by atoms with Crippen molar-refractivity contribution in [1.82, 2.24) is 5.32 Å². The second-order valence-electron chi connectivity index (χ2n) is 3.53. The van der Waals surface area contributed by atoms with Gasteiger partial charge in [0.1, 0.15) is 0 Å². The molecule has 0 saturated carbocycles. The minimum absolute atomic E-state index is 0.0503. The number of carboxylic acids is 1. The third-order valence-electron chi connectivity index (χ3n) is 2.17. The molecule has 0 aliphatic carbocycles. The molecule has 0 aromatic heterocycles. The van der Waals surface area contributed by atoms with Gasteiger partial charge in [0.25, 0.3) is 5.91 Å². The molecule has 5 nitrogen and oxygen atoms in total. The van der Waals surface area contributed by atoms with Crippen LogP contribution in [0.3, 0.4) is 0 Å². The van der Waals surface area contributed by atoms with Crippen molar-refractivity contribution in [3.63, 3.8) is 0 Å². The van der Waals surface area contributed by atoms with E-state index in [0.29, 0.717) is 15.1 Å². The van der Waals surface area contributed by atoms with Crippen molar-refractivity contribution in [3.8, 4) is 0 Å².